The maximum absolute atomic E-state index is 6.04. The molecule has 3 nitrogen and oxygen atoms in total. The van der Waals surface area contributed by atoms with Gasteiger partial charge in [-0.05, 0) is 12.1 Å². The van der Waals surface area contributed by atoms with E-state index in [9.17, 15) is 0 Å². The largest absolute Gasteiger partial charge is 0.472 e. The maximum Gasteiger partial charge on any atom is 0.0995 e. The first-order valence-corrected chi connectivity index (χ1v) is 5.72. The molecule has 2 aromatic heterocycles. The minimum atomic E-state index is -0.194. The summed E-state index contributed by atoms with van der Waals surface area (Å²) in [6.45, 7) is 0. The normalized spacial score (nSPS) is 13.0. The molecule has 0 aliphatic rings. The van der Waals surface area contributed by atoms with Crippen molar-refractivity contribution in [3.8, 4) is 0 Å². The Morgan fingerprint density at radius 1 is 1.47 bits per heavy atom. The fourth-order valence-electron chi connectivity index (χ4n) is 1.35. The highest BCUT2D eigenvalue weighted by atomic mass is 35.5. The fraction of sp³-hybridized carbons (Fsp3) is 0.111. The van der Waals surface area contributed by atoms with Gasteiger partial charge in [-0.25, -0.2) is 5.43 Å². The molecule has 0 aromatic carbocycles. The summed E-state index contributed by atoms with van der Waals surface area (Å²) in [6, 6.07) is 3.43. The highest BCUT2D eigenvalue weighted by Gasteiger charge is 2.19. The lowest BCUT2D eigenvalue weighted by atomic mass is 10.1. The van der Waals surface area contributed by atoms with Crippen molar-refractivity contribution in [2.75, 3.05) is 0 Å². The maximum atomic E-state index is 6.04. The summed E-state index contributed by atoms with van der Waals surface area (Å²) in [6.07, 6.45) is 3.20. The summed E-state index contributed by atoms with van der Waals surface area (Å²) in [5, 5.41) is 0. The summed E-state index contributed by atoms with van der Waals surface area (Å²) in [5.41, 5.74) is 4.45. The molecule has 0 bridgehead atoms. The van der Waals surface area contributed by atoms with Crippen LogP contribution in [0.15, 0.2) is 29.1 Å². The molecule has 0 aliphatic carbocycles. The van der Waals surface area contributed by atoms with Crippen molar-refractivity contribution in [1.82, 2.24) is 5.43 Å². The van der Waals surface area contributed by atoms with Gasteiger partial charge in [0.25, 0.3) is 0 Å². The third-order valence-electron chi connectivity index (χ3n) is 2.04. The monoisotopic (exact) mass is 262 g/mol. The predicted octanol–water partition coefficient (Wildman–Crippen LogP) is 3.20. The number of nitrogens with two attached hydrogens (primary N) is 1. The van der Waals surface area contributed by atoms with Crippen molar-refractivity contribution in [3.05, 3.63) is 44.5 Å². The number of hydrazine groups is 1. The zero-order valence-corrected chi connectivity index (χ0v) is 9.86. The van der Waals surface area contributed by atoms with Gasteiger partial charge in [0.05, 0.1) is 27.2 Å². The molecule has 0 fully saturated rings. The van der Waals surface area contributed by atoms with Crippen LogP contribution in [0.3, 0.4) is 0 Å². The van der Waals surface area contributed by atoms with Gasteiger partial charge in [0.2, 0.25) is 0 Å². The fourth-order valence-corrected chi connectivity index (χ4v) is 2.89. The molecule has 0 aliphatic heterocycles. The summed E-state index contributed by atoms with van der Waals surface area (Å²) in [7, 11) is 0. The summed E-state index contributed by atoms with van der Waals surface area (Å²) in [4.78, 5) is 0. The number of halogens is 2. The molecule has 80 valence electrons. The Morgan fingerprint density at radius 3 is 2.73 bits per heavy atom. The van der Waals surface area contributed by atoms with Crippen LogP contribution >= 0.6 is 34.5 Å². The molecular formula is C9H8Cl2N2OS. The van der Waals surface area contributed by atoms with E-state index in [1.807, 2.05) is 6.07 Å². The number of furan rings is 1. The van der Waals surface area contributed by atoms with E-state index < -0.39 is 0 Å². The number of hydrogen-bond acceptors (Lipinski definition) is 4. The SMILES string of the molecule is NNC(c1ccoc1)c1cc(Cl)sc1Cl. The Hall–Kier alpha value is -0.520. The lowest BCUT2D eigenvalue weighted by molar-refractivity contribution is 0.553. The Labute approximate surface area is 101 Å². The van der Waals surface area contributed by atoms with E-state index in [-0.39, 0.29) is 6.04 Å². The van der Waals surface area contributed by atoms with Crippen molar-refractivity contribution in [2.45, 2.75) is 6.04 Å². The van der Waals surface area contributed by atoms with Crippen LogP contribution in [-0.4, -0.2) is 0 Å². The number of rotatable bonds is 3. The van der Waals surface area contributed by atoms with Crippen LogP contribution in [-0.2, 0) is 0 Å². The molecule has 1 unspecified atom stereocenters. The van der Waals surface area contributed by atoms with Gasteiger partial charge in [0.15, 0.2) is 0 Å². The average molecular weight is 263 g/mol. The van der Waals surface area contributed by atoms with Gasteiger partial charge >= 0.3 is 0 Å². The standard InChI is InChI=1S/C9H8Cl2N2OS/c10-7-3-6(9(11)15-7)8(13-12)5-1-2-14-4-5/h1-4,8,13H,12H2. The van der Waals surface area contributed by atoms with Crippen LogP contribution in [0.4, 0.5) is 0 Å². The molecule has 0 radical (unpaired) electrons. The minimum Gasteiger partial charge on any atom is -0.472 e. The average Bonchev–Trinajstić information content (AvgIpc) is 2.79. The number of nitrogens with one attached hydrogen (secondary N) is 1. The van der Waals surface area contributed by atoms with Gasteiger partial charge < -0.3 is 4.42 Å². The van der Waals surface area contributed by atoms with Gasteiger partial charge in [-0.15, -0.1) is 11.3 Å². The predicted molar refractivity (Wildman–Crippen MR) is 62.2 cm³/mol. The Bertz CT molecular complexity index is 441. The molecule has 3 N–H and O–H groups in total. The quantitative estimate of drug-likeness (QED) is 0.660. The van der Waals surface area contributed by atoms with Gasteiger partial charge in [0.1, 0.15) is 0 Å². The van der Waals surface area contributed by atoms with Crippen LogP contribution in [0.25, 0.3) is 0 Å². The molecule has 0 amide bonds. The van der Waals surface area contributed by atoms with Gasteiger partial charge in [0, 0.05) is 11.1 Å². The van der Waals surface area contributed by atoms with Gasteiger partial charge in [-0.1, -0.05) is 23.2 Å². The molecule has 0 saturated carbocycles. The van der Waals surface area contributed by atoms with E-state index in [4.69, 9.17) is 33.5 Å². The smallest absolute Gasteiger partial charge is 0.0995 e. The molecule has 2 aromatic rings. The second-order valence-corrected chi connectivity index (χ2v) is 5.22. The Balaban J connectivity index is 2.39. The van der Waals surface area contributed by atoms with E-state index in [1.54, 1.807) is 18.6 Å². The first kappa shape index (κ1) is 11.0. The van der Waals surface area contributed by atoms with Crippen LogP contribution in [0.2, 0.25) is 8.67 Å². The van der Waals surface area contributed by atoms with Crippen LogP contribution in [0, 0.1) is 0 Å². The van der Waals surface area contributed by atoms with Crippen LogP contribution in [0.5, 0.6) is 0 Å². The van der Waals surface area contributed by atoms with Crippen LogP contribution in [0.1, 0.15) is 17.2 Å². The van der Waals surface area contributed by atoms with E-state index in [0.29, 0.717) is 8.67 Å². The minimum absolute atomic E-state index is 0.194. The molecular weight excluding hydrogens is 255 g/mol. The van der Waals surface area contributed by atoms with Crippen molar-refractivity contribution in [3.63, 3.8) is 0 Å². The topological polar surface area (TPSA) is 51.2 Å². The molecule has 0 spiro atoms. The van der Waals surface area contributed by atoms with Crippen molar-refractivity contribution >= 4 is 34.5 Å². The molecule has 1 atom stereocenters. The Kier molecular flexibility index (Phi) is 3.33. The summed E-state index contributed by atoms with van der Waals surface area (Å²) >= 11 is 13.2. The zero-order chi connectivity index (χ0) is 10.8. The second kappa shape index (κ2) is 4.55. The molecule has 6 heteroatoms. The van der Waals surface area contributed by atoms with Crippen molar-refractivity contribution < 1.29 is 4.42 Å². The summed E-state index contributed by atoms with van der Waals surface area (Å²) < 4.78 is 6.26. The van der Waals surface area contributed by atoms with E-state index in [2.05, 4.69) is 5.43 Å². The zero-order valence-electron chi connectivity index (χ0n) is 7.54. The first-order chi connectivity index (χ1) is 7.22. The molecule has 2 rings (SSSR count). The summed E-state index contributed by atoms with van der Waals surface area (Å²) in [5.74, 6) is 5.49. The van der Waals surface area contributed by atoms with Gasteiger partial charge in [-0.3, -0.25) is 5.84 Å². The van der Waals surface area contributed by atoms with Crippen LogP contribution < -0.4 is 11.3 Å². The van der Waals surface area contributed by atoms with E-state index >= 15 is 0 Å². The lowest BCUT2D eigenvalue weighted by Crippen LogP contribution is -2.28. The molecule has 2 heterocycles. The molecule has 0 saturated heterocycles. The highest BCUT2D eigenvalue weighted by molar-refractivity contribution is 7.20. The van der Waals surface area contributed by atoms with Gasteiger partial charge in [-0.2, -0.15) is 0 Å². The number of hydrogen-bond donors (Lipinski definition) is 2. The Morgan fingerprint density at radius 2 is 2.27 bits per heavy atom. The first-order valence-electron chi connectivity index (χ1n) is 4.15. The van der Waals surface area contributed by atoms with Crippen molar-refractivity contribution in [1.29, 1.82) is 0 Å². The second-order valence-electron chi connectivity index (χ2n) is 2.94. The third-order valence-corrected chi connectivity index (χ3v) is 3.56. The lowest BCUT2D eigenvalue weighted by Gasteiger charge is -2.12. The van der Waals surface area contributed by atoms with Crippen molar-refractivity contribution in [2.24, 2.45) is 5.84 Å². The van der Waals surface area contributed by atoms with E-state index in [0.717, 1.165) is 11.1 Å². The molecule has 15 heavy (non-hydrogen) atoms. The third kappa shape index (κ3) is 2.19. The highest BCUT2D eigenvalue weighted by Crippen LogP contribution is 2.37. The van der Waals surface area contributed by atoms with E-state index in [1.165, 1.54) is 11.3 Å². The number of thiophene rings is 1.